The highest BCUT2D eigenvalue weighted by atomic mass is 32.1. The number of benzene rings is 2. The Bertz CT molecular complexity index is 1700. The molecule has 0 spiro atoms. The first-order valence-corrected chi connectivity index (χ1v) is 14.6. The van der Waals surface area contributed by atoms with Crippen molar-refractivity contribution in [2.45, 2.75) is 38.5 Å². The van der Waals surface area contributed by atoms with Crippen LogP contribution >= 0.6 is 11.3 Å². The Morgan fingerprint density at radius 3 is 2.60 bits per heavy atom. The molecule has 0 radical (unpaired) electrons. The molecule has 214 valence electrons. The smallest absolute Gasteiger partial charge is 0.344 e. The maximum Gasteiger partial charge on any atom is 0.344 e. The lowest BCUT2D eigenvalue weighted by Crippen LogP contribution is -2.30. The number of carbonyl (C=O) groups is 3. The van der Waals surface area contributed by atoms with E-state index in [2.05, 4.69) is 11.4 Å². The van der Waals surface area contributed by atoms with E-state index in [9.17, 15) is 19.5 Å². The number of hydrogen-bond acceptors (Lipinski definition) is 8. The Hall–Kier alpha value is -4.70. The van der Waals surface area contributed by atoms with Gasteiger partial charge in [0.25, 0.3) is 0 Å². The summed E-state index contributed by atoms with van der Waals surface area (Å²) in [6.07, 6.45) is 1.05. The van der Waals surface area contributed by atoms with E-state index >= 15 is 0 Å². The van der Waals surface area contributed by atoms with Gasteiger partial charge in [-0.2, -0.15) is 5.10 Å². The van der Waals surface area contributed by atoms with Gasteiger partial charge >= 0.3 is 11.9 Å². The lowest BCUT2D eigenvalue weighted by atomic mass is 9.73. The van der Waals surface area contributed by atoms with Crippen molar-refractivity contribution in [3.05, 3.63) is 105 Å². The SMILES string of the molecule is CCOC(=O)COc1ccc([C@@H]2C3=C(C[C@H](c4cccs4)CC3=O)Nc3c2c(C)nn3-c2ccccc2C(=O)O)cc1. The second kappa shape index (κ2) is 11.3. The van der Waals surface area contributed by atoms with Crippen LogP contribution in [-0.2, 0) is 14.3 Å². The fourth-order valence-corrected chi connectivity index (χ4v) is 6.68. The van der Waals surface area contributed by atoms with Crippen LogP contribution in [0.4, 0.5) is 5.82 Å². The normalized spacial score (nSPS) is 17.7. The highest BCUT2D eigenvalue weighted by Crippen LogP contribution is 2.50. The second-order valence-corrected chi connectivity index (χ2v) is 11.2. The van der Waals surface area contributed by atoms with Crippen LogP contribution < -0.4 is 10.1 Å². The standard InChI is InChI=1S/C32H29N3O6S/c1-3-40-27(37)17-41-21-12-10-19(11-13-21)29-28-18(2)34-35(24-8-5-4-7-22(24)32(38)39)31(28)33-23-15-20(16-25(36)30(23)29)26-9-6-14-42-26/h4-14,20,29,33H,3,15-17H2,1-2H3,(H,38,39)/t20-,29-/m0/s1. The van der Waals surface area contributed by atoms with E-state index in [-0.39, 0.29) is 30.5 Å². The van der Waals surface area contributed by atoms with Gasteiger partial charge in [0.05, 0.1) is 23.6 Å². The molecule has 0 unspecified atom stereocenters. The molecule has 2 atom stereocenters. The van der Waals surface area contributed by atoms with Crippen LogP contribution in [0.2, 0.25) is 0 Å². The number of aromatic carboxylic acids is 1. The van der Waals surface area contributed by atoms with Gasteiger partial charge in [0.2, 0.25) is 0 Å². The van der Waals surface area contributed by atoms with Crippen molar-refractivity contribution in [3.8, 4) is 11.4 Å². The number of nitrogens with zero attached hydrogens (tertiary/aromatic N) is 2. The van der Waals surface area contributed by atoms with Crippen molar-refractivity contribution in [1.29, 1.82) is 0 Å². The molecule has 1 aliphatic carbocycles. The zero-order valence-electron chi connectivity index (χ0n) is 23.1. The minimum atomic E-state index is -1.05. The van der Waals surface area contributed by atoms with Crippen molar-refractivity contribution in [1.82, 2.24) is 9.78 Å². The van der Waals surface area contributed by atoms with Crippen LogP contribution in [0, 0.1) is 6.92 Å². The monoisotopic (exact) mass is 583 g/mol. The number of ketones is 1. The van der Waals surface area contributed by atoms with E-state index in [1.807, 2.05) is 30.5 Å². The number of ether oxygens (including phenoxy) is 2. The molecule has 0 fully saturated rings. The first-order valence-electron chi connectivity index (χ1n) is 13.7. The molecular formula is C32H29N3O6S. The summed E-state index contributed by atoms with van der Waals surface area (Å²) in [5.41, 5.74) is 4.45. The number of para-hydroxylation sites is 1. The maximum absolute atomic E-state index is 13.9. The van der Waals surface area contributed by atoms with Crippen LogP contribution in [0.15, 0.2) is 77.3 Å². The van der Waals surface area contributed by atoms with E-state index < -0.39 is 17.9 Å². The molecule has 0 amide bonds. The third kappa shape index (κ3) is 4.98. The van der Waals surface area contributed by atoms with Gasteiger partial charge in [-0.25, -0.2) is 14.3 Å². The molecule has 4 aromatic rings. The molecule has 2 N–H and O–H groups in total. The number of carboxylic acid groups (broad SMARTS) is 1. The van der Waals surface area contributed by atoms with E-state index in [1.54, 1.807) is 59.3 Å². The van der Waals surface area contributed by atoms with Gasteiger partial charge in [-0.3, -0.25) is 4.79 Å². The molecule has 10 heteroatoms. The maximum atomic E-state index is 13.9. The summed E-state index contributed by atoms with van der Waals surface area (Å²) in [5, 5.41) is 20.3. The zero-order chi connectivity index (χ0) is 29.4. The van der Waals surface area contributed by atoms with E-state index in [0.717, 1.165) is 21.7 Å². The van der Waals surface area contributed by atoms with Crippen LogP contribution in [0.5, 0.6) is 5.75 Å². The molecule has 0 saturated carbocycles. The third-order valence-corrected chi connectivity index (χ3v) is 8.68. The Morgan fingerprint density at radius 2 is 1.88 bits per heavy atom. The van der Waals surface area contributed by atoms with Gasteiger partial charge in [0.15, 0.2) is 12.4 Å². The number of nitrogens with one attached hydrogen (secondary N) is 1. The number of rotatable bonds is 8. The summed E-state index contributed by atoms with van der Waals surface area (Å²) >= 11 is 1.64. The zero-order valence-corrected chi connectivity index (χ0v) is 23.9. The number of thiophene rings is 1. The van der Waals surface area contributed by atoms with E-state index in [1.165, 1.54) is 0 Å². The highest BCUT2D eigenvalue weighted by molar-refractivity contribution is 7.10. The second-order valence-electron chi connectivity index (χ2n) is 10.2. The molecular weight excluding hydrogens is 554 g/mol. The van der Waals surface area contributed by atoms with Crippen molar-refractivity contribution in [2.75, 3.05) is 18.5 Å². The number of anilines is 1. The summed E-state index contributed by atoms with van der Waals surface area (Å²) < 4.78 is 12.2. The molecule has 2 aromatic carbocycles. The summed E-state index contributed by atoms with van der Waals surface area (Å²) in [6, 6.07) is 18.1. The number of fused-ring (bicyclic) bond motifs is 1. The van der Waals surface area contributed by atoms with Crippen LogP contribution in [0.25, 0.3) is 5.69 Å². The fraction of sp³-hybridized carbons (Fsp3) is 0.250. The average molecular weight is 584 g/mol. The van der Waals surface area contributed by atoms with Gasteiger partial charge in [0, 0.05) is 40.0 Å². The summed E-state index contributed by atoms with van der Waals surface area (Å²) in [4.78, 5) is 38.9. The number of carbonyl (C=O) groups excluding carboxylic acids is 2. The average Bonchev–Trinajstić information content (AvgIpc) is 3.64. The quantitative estimate of drug-likeness (QED) is 0.248. The van der Waals surface area contributed by atoms with Crippen LogP contribution in [0.1, 0.15) is 63.7 Å². The number of hydrogen-bond donors (Lipinski definition) is 2. The van der Waals surface area contributed by atoms with Crippen LogP contribution in [0.3, 0.4) is 0 Å². The predicted octanol–water partition coefficient (Wildman–Crippen LogP) is 5.84. The molecule has 6 rings (SSSR count). The minimum absolute atomic E-state index is 0.0494. The number of esters is 1. The van der Waals surface area contributed by atoms with Crippen molar-refractivity contribution >= 4 is 34.9 Å². The summed E-state index contributed by atoms with van der Waals surface area (Å²) in [6.45, 7) is 3.69. The lowest BCUT2D eigenvalue weighted by Gasteiger charge is -2.35. The minimum Gasteiger partial charge on any atom is -0.482 e. The molecule has 9 nitrogen and oxygen atoms in total. The topological polar surface area (TPSA) is 120 Å². The number of allylic oxidation sites excluding steroid dienone is 2. The largest absolute Gasteiger partial charge is 0.482 e. The van der Waals surface area contributed by atoms with Crippen molar-refractivity contribution in [3.63, 3.8) is 0 Å². The van der Waals surface area contributed by atoms with Crippen molar-refractivity contribution in [2.24, 2.45) is 0 Å². The van der Waals surface area contributed by atoms with Gasteiger partial charge in [-0.05, 0) is 61.5 Å². The Morgan fingerprint density at radius 1 is 1.10 bits per heavy atom. The number of carboxylic acids is 1. The van der Waals surface area contributed by atoms with Crippen LogP contribution in [-0.4, -0.2) is 45.8 Å². The molecule has 2 aliphatic rings. The molecule has 3 heterocycles. The van der Waals surface area contributed by atoms with Gasteiger partial charge in [-0.1, -0.05) is 30.3 Å². The van der Waals surface area contributed by atoms with Crippen molar-refractivity contribution < 1.29 is 29.0 Å². The first kappa shape index (κ1) is 27.5. The Labute approximate surface area is 246 Å². The third-order valence-electron chi connectivity index (χ3n) is 7.64. The van der Waals surface area contributed by atoms with E-state index in [0.29, 0.717) is 41.4 Å². The number of aromatic nitrogens is 2. The fourth-order valence-electron chi connectivity index (χ4n) is 5.85. The predicted molar refractivity (Wildman–Crippen MR) is 158 cm³/mol. The van der Waals surface area contributed by atoms with Gasteiger partial charge in [0.1, 0.15) is 11.6 Å². The summed E-state index contributed by atoms with van der Waals surface area (Å²) in [5.74, 6) is -0.649. The summed E-state index contributed by atoms with van der Waals surface area (Å²) in [7, 11) is 0. The number of aryl methyl sites for hydroxylation is 1. The molecule has 1 aliphatic heterocycles. The lowest BCUT2D eigenvalue weighted by molar-refractivity contribution is -0.145. The van der Waals surface area contributed by atoms with Gasteiger partial charge < -0.3 is 19.9 Å². The molecule has 2 aromatic heterocycles. The number of Topliss-reactive ketones (excluding diaryl/α,β-unsaturated/α-hetero) is 1. The van der Waals surface area contributed by atoms with Gasteiger partial charge in [-0.15, -0.1) is 11.3 Å². The molecule has 42 heavy (non-hydrogen) atoms. The highest BCUT2D eigenvalue weighted by Gasteiger charge is 2.41. The molecule has 0 bridgehead atoms. The Kier molecular flexibility index (Phi) is 7.38. The van der Waals surface area contributed by atoms with E-state index in [4.69, 9.17) is 14.6 Å². The first-order chi connectivity index (χ1) is 20.4. The molecule has 0 saturated heterocycles. The Balaban J connectivity index is 1.45.